The van der Waals surface area contributed by atoms with Gasteiger partial charge in [-0.05, 0) is 43.9 Å². The molecule has 2 aromatic rings. The van der Waals surface area contributed by atoms with Crippen LogP contribution in [0.1, 0.15) is 37.3 Å². The van der Waals surface area contributed by atoms with Crippen LogP contribution < -0.4 is 5.32 Å². The van der Waals surface area contributed by atoms with E-state index in [2.05, 4.69) is 15.3 Å². The Balaban J connectivity index is 1.73. The minimum Gasteiger partial charge on any atom is -0.377 e. The van der Waals surface area contributed by atoms with Gasteiger partial charge in [0.1, 0.15) is 5.82 Å². The molecule has 0 aliphatic heterocycles. The first-order chi connectivity index (χ1) is 10.7. The molecule has 4 nitrogen and oxygen atoms in total. The zero-order chi connectivity index (χ0) is 15.4. The lowest BCUT2D eigenvalue weighted by atomic mass is 9.72. The molecule has 1 heterocycles. The van der Waals surface area contributed by atoms with Crippen LogP contribution in [0.3, 0.4) is 0 Å². The number of ether oxygens (including phenoxy) is 1. The molecule has 1 aliphatic rings. The van der Waals surface area contributed by atoms with Crippen molar-refractivity contribution in [1.29, 1.82) is 0 Å². The topological polar surface area (TPSA) is 47.0 Å². The second-order valence-electron chi connectivity index (χ2n) is 5.62. The molecule has 5 heteroatoms. The molecule has 1 fully saturated rings. The summed E-state index contributed by atoms with van der Waals surface area (Å²) in [7, 11) is 0. The normalized spacial score (nSPS) is 16.1. The van der Waals surface area contributed by atoms with Crippen molar-refractivity contribution in [3.8, 4) is 0 Å². The highest BCUT2D eigenvalue weighted by Gasteiger charge is 2.39. The molecule has 3 rings (SSSR count). The Morgan fingerprint density at radius 1 is 1.18 bits per heavy atom. The van der Waals surface area contributed by atoms with Gasteiger partial charge in [-0.15, -0.1) is 0 Å². The summed E-state index contributed by atoms with van der Waals surface area (Å²) in [6.07, 6.45) is 6.71. The Kier molecular flexibility index (Phi) is 4.34. The van der Waals surface area contributed by atoms with Crippen LogP contribution in [-0.2, 0) is 16.9 Å². The molecule has 0 amide bonds. The highest BCUT2D eigenvalue weighted by Crippen LogP contribution is 2.43. The highest BCUT2D eigenvalue weighted by atomic mass is 19.1. The highest BCUT2D eigenvalue weighted by molar-refractivity contribution is 5.39. The molecule has 1 aromatic carbocycles. The van der Waals surface area contributed by atoms with Gasteiger partial charge < -0.3 is 10.1 Å². The fraction of sp³-hybridized carbons (Fsp3) is 0.412. The molecular formula is C17H20FN3O. The van der Waals surface area contributed by atoms with Crippen molar-refractivity contribution < 1.29 is 9.13 Å². The third kappa shape index (κ3) is 3.09. The zero-order valence-electron chi connectivity index (χ0n) is 12.7. The molecule has 0 saturated heterocycles. The van der Waals surface area contributed by atoms with Crippen LogP contribution in [0.4, 0.5) is 10.3 Å². The van der Waals surface area contributed by atoms with Gasteiger partial charge in [-0.2, -0.15) is 0 Å². The first-order valence-corrected chi connectivity index (χ1v) is 7.65. The van der Waals surface area contributed by atoms with E-state index in [-0.39, 0.29) is 11.4 Å². The third-order valence-corrected chi connectivity index (χ3v) is 4.13. The lowest BCUT2D eigenvalue weighted by Crippen LogP contribution is -2.42. The van der Waals surface area contributed by atoms with E-state index in [4.69, 9.17) is 4.74 Å². The van der Waals surface area contributed by atoms with Gasteiger partial charge in [-0.25, -0.2) is 14.4 Å². The monoisotopic (exact) mass is 301 g/mol. The quantitative estimate of drug-likeness (QED) is 0.885. The Bertz CT molecular complexity index is 609. The van der Waals surface area contributed by atoms with E-state index < -0.39 is 0 Å². The second-order valence-corrected chi connectivity index (χ2v) is 5.62. The fourth-order valence-electron chi connectivity index (χ4n) is 2.71. The number of benzene rings is 1. The number of hydrogen-bond acceptors (Lipinski definition) is 4. The average molecular weight is 301 g/mol. The summed E-state index contributed by atoms with van der Waals surface area (Å²) < 4.78 is 18.5. The van der Waals surface area contributed by atoms with Gasteiger partial charge in [0.2, 0.25) is 5.95 Å². The maximum Gasteiger partial charge on any atom is 0.223 e. The lowest BCUT2D eigenvalue weighted by molar-refractivity contribution is 0.133. The van der Waals surface area contributed by atoms with Crippen LogP contribution in [0.25, 0.3) is 0 Å². The summed E-state index contributed by atoms with van der Waals surface area (Å²) in [5.41, 5.74) is 1.87. The molecule has 22 heavy (non-hydrogen) atoms. The van der Waals surface area contributed by atoms with Crippen LogP contribution in [0, 0.1) is 5.82 Å². The van der Waals surface area contributed by atoms with Gasteiger partial charge in [-0.3, -0.25) is 0 Å². The van der Waals surface area contributed by atoms with E-state index in [1.54, 1.807) is 12.4 Å². The summed E-state index contributed by atoms with van der Waals surface area (Å²) in [6.45, 7) is 3.16. The van der Waals surface area contributed by atoms with Gasteiger partial charge in [-0.1, -0.05) is 12.1 Å². The van der Waals surface area contributed by atoms with Gasteiger partial charge >= 0.3 is 0 Å². The predicted molar refractivity (Wildman–Crippen MR) is 82.9 cm³/mol. The van der Waals surface area contributed by atoms with Gasteiger partial charge in [0.05, 0.1) is 12.1 Å². The van der Waals surface area contributed by atoms with E-state index in [0.717, 1.165) is 30.4 Å². The summed E-state index contributed by atoms with van der Waals surface area (Å²) in [6, 6.07) is 6.68. The van der Waals surface area contributed by atoms with Crippen LogP contribution in [-0.4, -0.2) is 16.6 Å². The lowest BCUT2D eigenvalue weighted by Gasteiger charge is -2.43. The first kappa shape index (κ1) is 14.9. The number of hydrogen-bond donors (Lipinski definition) is 1. The third-order valence-electron chi connectivity index (χ3n) is 4.13. The standard InChI is InChI=1S/C17H20FN3O/c1-2-22-12-13-10-19-16(20-11-13)21-17(8-3-9-17)14-4-6-15(18)7-5-14/h4-7,10-11H,2-3,8-9,12H2,1H3,(H,19,20,21). The molecule has 116 valence electrons. The van der Waals surface area contributed by atoms with E-state index >= 15 is 0 Å². The van der Waals surface area contributed by atoms with E-state index in [9.17, 15) is 4.39 Å². The van der Waals surface area contributed by atoms with Gasteiger partial charge in [0.25, 0.3) is 0 Å². The zero-order valence-corrected chi connectivity index (χ0v) is 12.7. The molecule has 0 unspecified atom stereocenters. The fourth-order valence-corrected chi connectivity index (χ4v) is 2.71. The number of anilines is 1. The number of nitrogens with zero attached hydrogens (tertiary/aromatic N) is 2. The summed E-state index contributed by atoms with van der Waals surface area (Å²) in [5.74, 6) is 0.388. The summed E-state index contributed by atoms with van der Waals surface area (Å²) in [4.78, 5) is 8.73. The Hall–Kier alpha value is -2.01. The molecule has 0 bridgehead atoms. The Labute approximate surface area is 129 Å². The van der Waals surface area contributed by atoms with Crippen LogP contribution in [0.15, 0.2) is 36.7 Å². The van der Waals surface area contributed by atoms with Crippen molar-refractivity contribution in [2.75, 3.05) is 11.9 Å². The second kappa shape index (κ2) is 6.40. The van der Waals surface area contributed by atoms with E-state index in [0.29, 0.717) is 19.2 Å². The van der Waals surface area contributed by atoms with Crippen molar-refractivity contribution >= 4 is 5.95 Å². The van der Waals surface area contributed by atoms with Gasteiger partial charge in [0, 0.05) is 24.6 Å². The average Bonchev–Trinajstić information content (AvgIpc) is 2.51. The Morgan fingerprint density at radius 2 is 1.86 bits per heavy atom. The van der Waals surface area contributed by atoms with Crippen molar-refractivity contribution in [2.24, 2.45) is 0 Å². The first-order valence-electron chi connectivity index (χ1n) is 7.65. The molecule has 0 radical (unpaired) electrons. The van der Waals surface area contributed by atoms with Gasteiger partial charge in [0.15, 0.2) is 0 Å². The number of nitrogens with one attached hydrogen (secondary N) is 1. The van der Waals surface area contributed by atoms with Crippen LogP contribution in [0.5, 0.6) is 0 Å². The Morgan fingerprint density at radius 3 is 2.41 bits per heavy atom. The molecule has 1 aliphatic carbocycles. The van der Waals surface area contributed by atoms with Crippen molar-refractivity contribution in [2.45, 2.75) is 38.3 Å². The summed E-state index contributed by atoms with van der Waals surface area (Å²) in [5, 5.41) is 3.43. The minimum atomic E-state index is -0.213. The molecule has 1 aromatic heterocycles. The van der Waals surface area contributed by atoms with E-state index in [1.165, 1.54) is 12.1 Å². The molecule has 1 saturated carbocycles. The minimum absolute atomic E-state index is 0.171. The number of aromatic nitrogens is 2. The molecule has 0 spiro atoms. The van der Waals surface area contributed by atoms with Crippen LogP contribution in [0.2, 0.25) is 0 Å². The summed E-state index contributed by atoms with van der Waals surface area (Å²) >= 11 is 0. The van der Waals surface area contributed by atoms with E-state index in [1.807, 2.05) is 19.1 Å². The molecular weight excluding hydrogens is 281 g/mol. The molecule has 0 atom stereocenters. The SMILES string of the molecule is CCOCc1cnc(NC2(c3ccc(F)cc3)CCC2)nc1. The van der Waals surface area contributed by atoms with Crippen molar-refractivity contribution in [1.82, 2.24) is 9.97 Å². The number of rotatable bonds is 6. The maximum absolute atomic E-state index is 13.1. The van der Waals surface area contributed by atoms with Crippen molar-refractivity contribution in [3.05, 3.63) is 53.6 Å². The maximum atomic E-state index is 13.1. The van der Waals surface area contributed by atoms with Crippen molar-refractivity contribution in [3.63, 3.8) is 0 Å². The predicted octanol–water partition coefficient (Wildman–Crippen LogP) is 3.64. The molecule has 1 N–H and O–H groups in total. The number of halogens is 1. The smallest absolute Gasteiger partial charge is 0.223 e. The van der Waals surface area contributed by atoms with Crippen LogP contribution >= 0.6 is 0 Å². The largest absolute Gasteiger partial charge is 0.377 e.